The molecule has 1 aliphatic rings. The minimum absolute atomic E-state index is 0.159. The maximum atomic E-state index is 13.0. The van der Waals surface area contributed by atoms with E-state index in [-0.39, 0.29) is 6.04 Å². The second-order valence-electron chi connectivity index (χ2n) is 5.40. The van der Waals surface area contributed by atoms with Crippen LogP contribution in [0.15, 0.2) is 0 Å². The van der Waals surface area contributed by atoms with Crippen molar-refractivity contribution in [1.29, 1.82) is 0 Å². The average Bonchev–Trinajstić information content (AvgIpc) is 2.70. The summed E-state index contributed by atoms with van der Waals surface area (Å²) in [6.45, 7) is 5.32. The molecule has 1 aromatic heterocycles. The molecular weight excluding hydrogens is 287 g/mol. The lowest BCUT2D eigenvalue weighted by atomic mass is 9.91. The van der Waals surface area contributed by atoms with Gasteiger partial charge in [0.1, 0.15) is 0 Å². The van der Waals surface area contributed by atoms with Gasteiger partial charge in [-0.15, -0.1) is 11.3 Å². The van der Waals surface area contributed by atoms with Gasteiger partial charge in [0.05, 0.1) is 9.88 Å². The van der Waals surface area contributed by atoms with Crippen molar-refractivity contribution in [3.8, 4) is 0 Å². The molecule has 0 spiro atoms. The highest BCUT2D eigenvalue weighted by atomic mass is 32.1. The molecule has 1 saturated heterocycles. The van der Waals surface area contributed by atoms with Crippen molar-refractivity contribution in [2.45, 2.75) is 45.5 Å². The van der Waals surface area contributed by atoms with Crippen LogP contribution in [-0.2, 0) is 12.7 Å². The summed E-state index contributed by atoms with van der Waals surface area (Å²) in [5, 5.41) is 0.460. The van der Waals surface area contributed by atoms with Gasteiger partial charge in [0.2, 0.25) is 0 Å². The Morgan fingerprint density at radius 2 is 2.15 bits per heavy atom. The van der Waals surface area contributed by atoms with Crippen LogP contribution in [0.5, 0.6) is 0 Å². The highest BCUT2D eigenvalue weighted by Gasteiger charge is 2.38. The number of likely N-dealkylation sites (tertiary alicyclic amines) is 1. The largest absolute Gasteiger partial charge is 0.434 e. The van der Waals surface area contributed by atoms with Gasteiger partial charge in [-0.1, -0.05) is 6.92 Å². The molecule has 2 heterocycles. The van der Waals surface area contributed by atoms with E-state index in [1.807, 2.05) is 0 Å². The second-order valence-corrected chi connectivity index (χ2v) is 6.68. The summed E-state index contributed by atoms with van der Waals surface area (Å²) in [5.41, 5.74) is 5.06. The normalized spacial score (nSPS) is 25.1. The molecule has 1 aromatic rings. The summed E-state index contributed by atoms with van der Waals surface area (Å²) >= 11 is 1.14. The molecule has 0 saturated carbocycles. The zero-order valence-corrected chi connectivity index (χ0v) is 12.5. The molecule has 2 atom stereocenters. The molecule has 20 heavy (non-hydrogen) atoms. The smallest absolute Gasteiger partial charge is 0.329 e. The van der Waals surface area contributed by atoms with Crippen molar-refractivity contribution in [2.75, 3.05) is 13.1 Å². The van der Waals surface area contributed by atoms with E-state index in [2.05, 4.69) is 16.8 Å². The Bertz CT molecular complexity index is 458. The zero-order valence-electron chi connectivity index (χ0n) is 11.7. The molecule has 0 aliphatic carbocycles. The number of halogens is 3. The van der Waals surface area contributed by atoms with Crippen molar-refractivity contribution < 1.29 is 13.2 Å². The van der Waals surface area contributed by atoms with E-state index in [0.29, 0.717) is 28.9 Å². The standard InChI is InChI=1S/C13H20F3N3S/c1-8-4-3-5-19(10(8)6-17)7-11-12(13(14,15)16)18-9(2)20-11/h8,10H,3-7,17H2,1-2H3. The summed E-state index contributed by atoms with van der Waals surface area (Å²) in [5.74, 6) is 0.428. The molecule has 2 N–H and O–H groups in total. The summed E-state index contributed by atoms with van der Waals surface area (Å²) in [7, 11) is 0. The number of nitrogens with two attached hydrogens (primary N) is 1. The molecule has 3 nitrogen and oxygen atoms in total. The number of rotatable bonds is 3. The first kappa shape index (κ1) is 15.7. The highest BCUT2D eigenvalue weighted by molar-refractivity contribution is 7.11. The van der Waals surface area contributed by atoms with Gasteiger partial charge in [-0.2, -0.15) is 13.2 Å². The zero-order chi connectivity index (χ0) is 14.9. The van der Waals surface area contributed by atoms with Gasteiger partial charge in [-0.05, 0) is 32.2 Å². The number of aromatic nitrogens is 1. The minimum Gasteiger partial charge on any atom is -0.329 e. The lowest BCUT2D eigenvalue weighted by Gasteiger charge is -2.39. The summed E-state index contributed by atoms with van der Waals surface area (Å²) in [6.07, 6.45) is -2.28. The number of nitrogens with zero attached hydrogens (tertiary/aromatic N) is 2. The van der Waals surface area contributed by atoms with Crippen LogP contribution in [-0.4, -0.2) is 29.0 Å². The number of thiazole rings is 1. The van der Waals surface area contributed by atoms with Gasteiger partial charge in [0.15, 0.2) is 5.69 Å². The van der Waals surface area contributed by atoms with Crippen molar-refractivity contribution in [3.63, 3.8) is 0 Å². The van der Waals surface area contributed by atoms with Crippen LogP contribution in [0.4, 0.5) is 13.2 Å². The third-order valence-corrected chi connectivity index (χ3v) is 4.85. The van der Waals surface area contributed by atoms with Crippen LogP contribution in [0.1, 0.15) is 35.3 Å². The van der Waals surface area contributed by atoms with E-state index in [1.54, 1.807) is 6.92 Å². The molecule has 2 unspecified atom stereocenters. The number of aryl methyl sites for hydroxylation is 1. The van der Waals surface area contributed by atoms with Gasteiger partial charge in [0, 0.05) is 19.1 Å². The lowest BCUT2D eigenvalue weighted by Crippen LogP contribution is -2.48. The van der Waals surface area contributed by atoms with Crippen LogP contribution in [0, 0.1) is 12.8 Å². The van der Waals surface area contributed by atoms with E-state index in [1.165, 1.54) is 0 Å². The second kappa shape index (κ2) is 5.99. The maximum Gasteiger partial charge on any atom is 0.434 e. The molecule has 0 aromatic carbocycles. The van der Waals surface area contributed by atoms with Crippen molar-refractivity contribution in [2.24, 2.45) is 11.7 Å². The van der Waals surface area contributed by atoms with Crippen LogP contribution in [0.3, 0.4) is 0 Å². The molecule has 0 radical (unpaired) electrons. The van der Waals surface area contributed by atoms with E-state index in [4.69, 9.17) is 5.73 Å². The van der Waals surface area contributed by atoms with E-state index < -0.39 is 11.9 Å². The van der Waals surface area contributed by atoms with Crippen LogP contribution < -0.4 is 5.73 Å². The first-order valence-corrected chi connectivity index (χ1v) is 7.62. The van der Waals surface area contributed by atoms with Crippen molar-refractivity contribution in [3.05, 3.63) is 15.6 Å². The van der Waals surface area contributed by atoms with Crippen LogP contribution >= 0.6 is 11.3 Å². The Morgan fingerprint density at radius 1 is 1.45 bits per heavy atom. The monoisotopic (exact) mass is 307 g/mol. The first-order chi connectivity index (χ1) is 9.32. The molecule has 1 fully saturated rings. The van der Waals surface area contributed by atoms with Crippen LogP contribution in [0.25, 0.3) is 0 Å². The Kier molecular flexibility index (Phi) is 4.71. The fourth-order valence-electron chi connectivity index (χ4n) is 2.89. The maximum absolute atomic E-state index is 13.0. The van der Waals surface area contributed by atoms with Gasteiger partial charge in [-0.3, -0.25) is 4.90 Å². The predicted molar refractivity (Wildman–Crippen MR) is 73.5 cm³/mol. The van der Waals surface area contributed by atoms with Gasteiger partial charge < -0.3 is 5.73 Å². The number of piperidine rings is 1. The lowest BCUT2D eigenvalue weighted by molar-refractivity contribution is -0.141. The minimum atomic E-state index is -4.38. The average molecular weight is 307 g/mol. The van der Waals surface area contributed by atoms with E-state index in [9.17, 15) is 13.2 Å². The Labute approximate surface area is 121 Å². The Balaban J connectivity index is 2.21. The third kappa shape index (κ3) is 3.32. The van der Waals surface area contributed by atoms with E-state index >= 15 is 0 Å². The Hall–Kier alpha value is -0.660. The molecule has 0 bridgehead atoms. The van der Waals surface area contributed by atoms with Gasteiger partial charge >= 0.3 is 6.18 Å². The van der Waals surface area contributed by atoms with Crippen LogP contribution in [0.2, 0.25) is 0 Å². The predicted octanol–water partition coefficient (Wildman–Crippen LogP) is 3.03. The quantitative estimate of drug-likeness (QED) is 0.933. The van der Waals surface area contributed by atoms with E-state index in [0.717, 1.165) is 30.7 Å². The topological polar surface area (TPSA) is 42.2 Å². The summed E-state index contributed by atoms with van der Waals surface area (Å²) in [6, 6.07) is 0.159. The first-order valence-electron chi connectivity index (χ1n) is 6.80. The molecular formula is C13H20F3N3S. The van der Waals surface area contributed by atoms with Gasteiger partial charge in [0.25, 0.3) is 0 Å². The fraction of sp³-hybridized carbons (Fsp3) is 0.769. The van der Waals surface area contributed by atoms with Gasteiger partial charge in [-0.25, -0.2) is 4.98 Å². The number of hydrogen-bond acceptors (Lipinski definition) is 4. The third-order valence-electron chi connectivity index (χ3n) is 3.89. The molecule has 114 valence electrons. The molecule has 2 rings (SSSR count). The summed E-state index contributed by atoms with van der Waals surface area (Å²) in [4.78, 5) is 6.04. The molecule has 7 heteroatoms. The Morgan fingerprint density at radius 3 is 2.75 bits per heavy atom. The van der Waals surface area contributed by atoms with Crippen molar-refractivity contribution >= 4 is 11.3 Å². The highest BCUT2D eigenvalue weighted by Crippen LogP contribution is 2.36. The van der Waals surface area contributed by atoms with Crippen molar-refractivity contribution in [1.82, 2.24) is 9.88 Å². The SMILES string of the molecule is Cc1nc(C(F)(F)F)c(CN2CCCC(C)C2CN)s1. The number of alkyl halides is 3. The molecule has 0 amide bonds. The summed E-state index contributed by atoms with van der Waals surface area (Å²) < 4.78 is 38.9. The number of hydrogen-bond donors (Lipinski definition) is 1. The fourth-order valence-corrected chi connectivity index (χ4v) is 3.88. The molecule has 1 aliphatic heterocycles.